The molecule has 0 saturated carbocycles. The van der Waals surface area contributed by atoms with Crippen molar-refractivity contribution in [2.24, 2.45) is 0 Å². The Balaban J connectivity index is 1.67. The minimum absolute atomic E-state index is 0.179. The molecule has 0 unspecified atom stereocenters. The van der Waals surface area contributed by atoms with Crippen LogP contribution in [-0.4, -0.2) is 34.6 Å². The van der Waals surface area contributed by atoms with Gasteiger partial charge in [0.15, 0.2) is 5.11 Å². The van der Waals surface area contributed by atoms with Gasteiger partial charge in [-0.3, -0.25) is 9.78 Å². The predicted molar refractivity (Wildman–Crippen MR) is 127 cm³/mol. The molecule has 2 atom stereocenters. The van der Waals surface area contributed by atoms with Crippen LogP contribution < -0.4 is 5.32 Å². The number of carbonyl (C=O) groups is 1. The number of nitrogens with one attached hydrogen (secondary N) is 1. The van der Waals surface area contributed by atoms with Gasteiger partial charge in [-0.1, -0.05) is 23.7 Å². The number of aromatic nitrogens is 1. The molecule has 1 N–H and O–H groups in total. The van der Waals surface area contributed by atoms with Gasteiger partial charge >= 0.3 is 5.97 Å². The Labute approximate surface area is 197 Å². The quantitative estimate of drug-likeness (QED) is 0.375. The number of hydrogen-bond donors (Lipinski definition) is 1. The lowest BCUT2D eigenvalue weighted by molar-refractivity contribution is -0.140. The van der Waals surface area contributed by atoms with E-state index in [4.69, 9.17) is 33.0 Å². The smallest absolute Gasteiger partial charge is 0.305 e. The molecule has 1 aliphatic rings. The summed E-state index contributed by atoms with van der Waals surface area (Å²) >= 11 is 11.9. The molecular weight excluding hydrogens is 446 g/mol. The number of pyridine rings is 1. The normalized spacial score (nSPS) is 18.0. The number of nitrogens with zero attached hydrogens (tertiary/aromatic N) is 2. The lowest BCUT2D eigenvalue weighted by atomic mass is 10.0. The molecule has 32 heavy (non-hydrogen) atoms. The summed E-state index contributed by atoms with van der Waals surface area (Å²) in [5.41, 5.74) is 2.89. The highest BCUT2D eigenvalue weighted by atomic mass is 35.5. The Morgan fingerprint density at radius 1 is 1.28 bits per heavy atom. The molecule has 166 valence electrons. The standard InChI is InChI=1S/C24H24ClN3O3S/c1-15-8-9-16(25)14-17(15)19-10-11-20(31-19)23-22(18-6-3-4-12-26-18)27-24(32)28(23)13-5-7-21(29)30-2/h3-4,6,8-12,14,22-23H,5,7,13H2,1-2H3,(H,27,32)/t22-,23-/m0/s1. The summed E-state index contributed by atoms with van der Waals surface area (Å²) in [4.78, 5) is 18.2. The zero-order chi connectivity index (χ0) is 22.7. The molecule has 0 aliphatic carbocycles. The van der Waals surface area contributed by atoms with Crippen molar-refractivity contribution in [1.29, 1.82) is 0 Å². The average molecular weight is 470 g/mol. The van der Waals surface area contributed by atoms with Gasteiger partial charge in [0.25, 0.3) is 0 Å². The van der Waals surface area contributed by atoms with Crippen molar-refractivity contribution < 1.29 is 13.9 Å². The first kappa shape index (κ1) is 22.3. The topological polar surface area (TPSA) is 67.6 Å². The summed E-state index contributed by atoms with van der Waals surface area (Å²) in [6, 6.07) is 15.1. The van der Waals surface area contributed by atoms with E-state index in [9.17, 15) is 4.79 Å². The van der Waals surface area contributed by atoms with Crippen LogP contribution in [0.25, 0.3) is 11.3 Å². The highest BCUT2D eigenvalue weighted by Crippen LogP contribution is 2.41. The van der Waals surface area contributed by atoms with Crippen molar-refractivity contribution in [3.05, 3.63) is 76.8 Å². The zero-order valence-corrected chi connectivity index (χ0v) is 19.4. The van der Waals surface area contributed by atoms with Crippen LogP contribution in [0.5, 0.6) is 0 Å². The fraction of sp³-hybridized carbons (Fsp3) is 0.292. The van der Waals surface area contributed by atoms with Gasteiger partial charge in [0.05, 0.1) is 18.8 Å². The molecule has 4 rings (SSSR count). The third-order valence-corrected chi connectivity index (χ3v) is 6.18. The van der Waals surface area contributed by atoms with Crippen LogP contribution in [0.4, 0.5) is 0 Å². The number of furan rings is 1. The SMILES string of the molecule is COC(=O)CCCN1C(=S)N[C@@H](c2ccccn2)[C@@H]1c1ccc(-c2cc(Cl)ccc2C)o1. The molecule has 0 spiro atoms. The van der Waals surface area contributed by atoms with Gasteiger partial charge in [-0.05, 0) is 67.5 Å². The molecule has 6 nitrogen and oxygen atoms in total. The van der Waals surface area contributed by atoms with Gasteiger partial charge in [-0.25, -0.2) is 0 Å². The Morgan fingerprint density at radius 2 is 2.12 bits per heavy atom. The maximum absolute atomic E-state index is 11.6. The number of esters is 1. The van der Waals surface area contributed by atoms with E-state index in [1.165, 1.54) is 7.11 Å². The second-order valence-electron chi connectivity index (χ2n) is 7.66. The second-order valence-corrected chi connectivity index (χ2v) is 8.48. The molecule has 1 aromatic carbocycles. The summed E-state index contributed by atoms with van der Waals surface area (Å²) in [6.45, 7) is 2.61. The Morgan fingerprint density at radius 3 is 2.88 bits per heavy atom. The maximum Gasteiger partial charge on any atom is 0.305 e. The molecule has 0 bridgehead atoms. The van der Waals surface area contributed by atoms with Gasteiger partial charge in [0.2, 0.25) is 0 Å². The van der Waals surface area contributed by atoms with Gasteiger partial charge in [0.1, 0.15) is 17.6 Å². The van der Waals surface area contributed by atoms with E-state index in [1.807, 2.05) is 55.5 Å². The number of methoxy groups -OCH3 is 1. The van der Waals surface area contributed by atoms with Crippen molar-refractivity contribution in [3.63, 3.8) is 0 Å². The fourth-order valence-corrected chi connectivity index (χ4v) is 4.47. The summed E-state index contributed by atoms with van der Waals surface area (Å²) in [5.74, 6) is 1.27. The highest BCUT2D eigenvalue weighted by molar-refractivity contribution is 7.80. The van der Waals surface area contributed by atoms with E-state index >= 15 is 0 Å². The fourth-order valence-electron chi connectivity index (χ4n) is 3.97. The first-order valence-corrected chi connectivity index (χ1v) is 11.2. The number of hydrogen-bond acceptors (Lipinski definition) is 5. The van der Waals surface area contributed by atoms with Crippen molar-refractivity contribution in [2.75, 3.05) is 13.7 Å². The molecule has 0 radical (unpaired) electrons. The minimum Gasteiger partial charge on any atom is -0.469 e. The van der Waals surface area contributed by atoms with E-state index in [2.05, 4.69) is 15.2 Å². The average Bonchev–Trinajstić information content (AvgIpc) is 3.40. The summed E-state index contributed by atoms with van der Waals surface area (Å²) in [6.07, 6.45) is 2.70. The van der Waals surface area contributed by atoms with Crippen LogP contribution in [0.15, 0.2) is 59.1 Å². The van der Waals surface area contributed by atoms with Crippen LogP contribution in [-0.2, 0) is 9.53 Å². The van der Waals surface area contributed by atoms with Crippen LogP contribution in [0, 0.1) is 6.92 Å². The molecule has 3 heterocycles. The number of ether oxygens (including phenoxy) is 1. The number of benzene rings is 1. The van der Waals surface area contributed by atoms with E-state index in [1.54, 1.807) is 6.20 Å². The number of thiocarbonyl (C=S) groups is 1. The molecule has 1 saturated heterocycles. The first-order chi connectivity index (χ1) is 15.5. The molecule has 3 aromatic rings. The monoisotopic (exact) mass is 469 g/mol. The molecule has 0 amide bonds. The van der Waals surface area contributed by atoms with Crippen molar-refractivity contribution in [2.45, 2.75) is 31.8 Å². The number of carbonyl (C=O) groups excluding carboxylic acids is 1. The third kappa shape index (κ3) is 4.64. The van der Waals surface area contributed by atoms with Gasteiger partial charge < -0.3 is 19.4 Å². The Kier molecular flexibility index (Phi) is 6.77. The van der Waals surface area contributed by atoms with E-state index in [0.29, 0.717) is 29.5 Å². The summed E-state index contributed by atoms with van der Waals surface area (Å²) in [7, 11) is 1.40. The van der Waals surface area contributed by atoms with Crippen LogP contribution in [0.3, 0.4) is 0 Å². The van der Waals surface area contributed by atoms with Crippen molar-refractivity contribution >= 4 is 34.9 Å². The predicted octanol–water partition coefficient (Wildman–Crippen LogP) is 5.23. The number of aryl methyl sites for hydroxylation is 1. The Bertz CT molecular complexity index is 1120. The maximum atomic E-state index is 11.6. The largest absolute Gasteiger partial charge is 0.469 e. The van der Waals surface area contributed by atoms with E-state index in [-0.39, 0.29) is 18.1 Å². The zero-order valence-electron chi connectivity index (χ0n) is 17.9. The minimum atomic E-state index is -0.238. The molecule has 1 aliphatic heterocycles. The summed E-state index contributed by atoms with van der Waals surface area (Å²) in [5, 5.41) is 4.65. The second kappa shape index (κ2) is 9.71. The third-order valence-electron chi connectivity index (χ3n) is 5.59. The van der Waals surface area contributed by atoms with E-state index in [0.717, 1.165) is 28.3 Å². The molecule has 8 heteroatoms. The van der Waals surface area contributed by atoms with Gasteiger partial charge in [0, 0.05) is 29.7 Å². The van der Waals surface area contributed by atoms with E-state index < -0.39 is 0 Å². The van der Waals surface area contributed by atoms with Crippen molar-refractivity contribution in [3.8, 4) is 11.3 Å². The van der Waals surface area contributed by atoms with Crippen LogP contribution in [0.2, 0.25) is 5.02 Å². The molecule has 2 aromatic heterocycles. The number of halogens is 1. The van der Waals surface area contributed by atoms with Crippen LogP contribution >= 0.6 is 23.8 Å². The Hall–Kier alpha value is -2.90. The lowest BCUT2D eigenvalue weighted by Gasteiger charge is -2.26. The van der Waals surface area contributed by atoms with Crippen molar-refractivity contribution in [1.82, 2.24) is 15.2 Å². The molecule has 1 fully saturated rings. The van der Waals surface area contributed by atoms with Gasteiger partial charge in [-0.2, -0.15) is 0 Å². The van der Waals surface area contributed by atoms with Crippen LogP contribution in [0.1, 0.15) is 41.9 Å². The highest BCUT2D eigenvalue weighted by Gasteiger charge is 2.41. The summed E-state index contributed by atoms with van der Waals surface area (Å²) < 4.78 is 11.1. The number of rotatable bonds is 7. The first-order valence-electron chi connectivity index (χ1n) is 10.4. The molecular formula is C24H24ClN3O3S. The van der Waals surface area contributed by atoms with Gasteiger partial charge in [-0.15, -0.1) is 0 Å². The lowest BCUT2D eigenvalue weighted by Crippen LogP contribution is -2.30.